The Kier molecular flexibility index (Phi) is 5.87. The van der Waals surface area contributed by atoms with Crippen molar-refractivity contribution in [2.45, 2.75) is 26.3 Å². The van der Waals surface area contributed by atoms with E-state index in [2.05, 4.69) is 0 Å². The number of hydrogen-bond donors (Lipinski definition) is 1. The Morgan fingerprint density at radius 3 is 2.06 bits per heavy atom. The Balaban J connectivity index is 1.96. The first-order valence-corrected chi connectivity index (χ1v) is 10.8. The first-order valence-electron chi connectivity index (χ1n) is 10.8. The van der Waals surface area contributed by atoms with Gasteiger partial charge in [0.2, 0.25) is 11.8 Å². The molecule has 1 atom stereocenters. The van der Waals surface area contributed by atoms with Crippen LogP contribution >= 0.6 is 0 Å². The molecule has 1 aliphatic rings. The fourth-order valence-electron chi connectivity index (χ4n) is 4.45. The number of phenolic OH excluding ortho intramolecular Hbond substituents is 1. The molecule has 1 fully saturated rings. The maximum absolute atomic E-state index is 13.5. The first kappa shape index (κ1) is 23.0. The highest BCUT2D eigenvalue weighted by Crippen LogP contribution is 2.37. The van der Waals surface area contributed by atoms with E-state index in [1.807, 2.05) is 41.8 Å². The van der Waals surface area contributed by atoms with Crippen molar-refractivity contribution in [2.24, 2.45) is 5.92 Å². The second-order valence-corrected chi connectivity index (χ2v) is 8.52. The van der Waals surface area contributed by atoms with Gasteiger partial charge in [0.05, 0.1) is 0 Å². The van der Waals surface area contributed by atoms with Crippen molar-refractivity contribution in [3.8, 4) is 5.75 Å². The van der Waals surface area contributed by atoms with E-state index in [4.69, 9.17) is 0 Å². The number of carbonyl (C=O) groups excluding carboxylic acids is 3. The number of aromatic hydroxyl groups is 1. The summed E-state index contributed by atoms with van der Waals surface area (Å²) >= 11 is 0. The zero-order valence-corrected chi connectivity index (χ0v) is 19.4. The molecule has 176 valence electrons. The Hall–Kier alpha value is -4.14. The van der Waals surface area contributed by atoms with E-state index in [0.717, 1.165) is 20.1 Å². The fraction of sp³-hybridized carbons (Fsp3) is 0.280. The standard InChI is InChI=1S/C25H26N4O5/c1-15-16(2)29(34)22(28(15)14-17-8-6-5-7-9-17)20(18-10-12-19(30)13-11-18)21-23(31)26(3)25(33)27(4)24(21)32/h5-13,20-21,30H,14H2,1-4H3. The summed E-state index contributed by atoms with van der Waals surface area (Å²) in [6.07, 6.45) is 0. The van der Waals surface area contributed by atoms with E-state index in [1.54, 1.807) is 19.1 Å². The predicted molar refractivity (Wildman–Crippen MR) is 123 cm³/mol. The smallest absolute Gasteiger partial charge is 0.332 e. The van der Waals surface area contributed by atoms with E-state index < -0.39 is 29.7 Å². The molecule has 1 aliphatic heterocycles. The number of hydrogen-bond acceptors (Lipinski definition) is 5. The molecule has 2 aromatic carbocycles. The topological polar surface area (TPSA) is 110 Å². The maximum atomic E-state index is 13.5. The maximum Gasteiger partial charge on any atom is 0.332 e. The van der Waals surface area contributed by atoms with Gasteiger partial charge in [0.15, 0.2) is 0 Å². The van der Waals surface area contributed by atoms with Crippen LogP contribution in [0.25, 0.3) is 0 Å². The molecule has 0 bridgehead atoms. The first-order chi connectivity index (χ1) is 16.1. The number of urea groups is 1. The molecular weight excluding hydrogens is 436 g/mol. The van der Waals surface area contributed by atoms with Crippen molar-refractivity contribution >= 4 is 17.8 Å². The molecule has 4 amide bonds. The lowest BCUT2D eigenvalue weighted by atomic mass is 9.82. The molecule has 0 spiro atoms. The van der Waals surface area contributed by atoms with Gasteiger partial charge in [-0.15, -0.1) is 0 Å². The summed E-state index contributed by atoms with van der Waals surface area (Å²) in [6.45, 7) is 3.86. The number of rotatable bonds is 5. The molecule has 1 aromatic heterocycles. The third-order valence-electron chi connectivity index (χ3n) is 6.53. The van der Waals surface area contributed by atoms with Crippen LogP contribution in [0.4, 0.5) is 4.79 Å². The monoisotopic (exact) mass is 462 g/mol. The van der Waals surface area contributed by atoms with Gasteiger partial charge < -0.3 is 10.3 Å². The van der Waals surface area contributed by atoms with Crippen molar-refractivity contribution in [1.82, 2.24) is 14.4 Å². The summed E-state index contributed by atoms with van der Waals surface area (Å²) in [5.41, 5.74) is 2.59. The Bertz CT molecular complexity index is 1240. The van der Waals surface area contributed by atoms with Crippen LogP contribution in [0.2, 0.25) is 0 Å². The van der Waals surface area contributed by atoms with E-state index in [9.17, 15) is 24.7 Å². The minimum Gasteiger partial charge on any atom is -0.711 e. The number of imide groups is 2. The van der Waals surface area contributed by atoms with Gasteiger partial charge in [-0.3, -0.25) is 19.4 Å². The predicted octanol–water partition coefficient (Wildman–Crippen LogP) is 2.29. The minimum atomic E-state index is -1.33. The summed E-state index contributed by atoms with van der Waals surface area (Å²) < 4.78 is 2.57. The molecule has 0 radical (unpaired) electrons. The third kappa shape index (κ3) is 3.68. The molecule has 9 heteroatoms. The van der Waals surface area contributed by atoms with Crippen LogP contribution in [0.3, 0.4) is 0 Å². The SMILES string of the molecule is Cc1c(C)[n+]([O-])c(C(c2ccc(O)cc2)C2C(=O)N(C)C(=O)N(C)C2=O)n1Cc1ccccc1. The van der Waals surface area contributed by atoms with Crippen LogP contribution < -0.4 is 4.73 Å². The summed E-state index contributed by atoms with van der Waals surface area (Å²) in [5, 5.41) is 23.3. The van der Waals surface area contributed by atoms with Crippen molar-refractivity contribution in [1.29, 1.82) is 0 Å². The molecule has 2 heterocycles. The van der Waals surface area contributed by atoms with Gasteiger partial charge in [-0.05, 0) is 23.3 Å². The molecular formula is C25H26N4O5. The van der Waals surface area contributed by atoms with Crippen molar-refractivity contribution in [2.75, 3.05) is 14.1 Å². The summed E-state index contributed by atoms with van der Waals surface area (Å²) in [4.78, 5) is 40.8. The van der Waals surface area contributed by atoms with Crippen LogP contribution in [0.15, 0.2) is 54.6 Å². The van der Waals surface area contributed by atoms with E-state index in [-0.39, 0.29) is 11.6 Å². The number of carbonyl (C=O) groups is 3. The van der Waals surface area contributed by atoms with Gasteiger partial charge in [0, 0.05) is 27.9 Å². The van der Waals surface area contributed by atoms with Crippen molar-refractivity contribution in [3.63, 3.8) is 0 Å². The largest absolute Gasteiger partial charge is 0.711 e. The molecule has 0 saturated carbocycles. The number of amides is 4. The Morgan fingerprint density at radius 2 is 1.50 bits per heavy atom. The fourth-order valence-corrected chi connectivity index (χ4v) is 4.45. The van der Waals surface area contributed by atoms with Crippen LogP contribution in [-0.4, -0.2) is 51.4 Å². The van der Waals surface area contributed by atoms with Gasteiger partial charge in [-0.25, -0.2) is 14.1 Å². The lowest BCUT2D eigenvalue weighted by molar-refractivity contribution is -0.621. The Labute approximate surface area is 197 Å². The van der Waals surface area contributed by atoms with Crippen molar-refractivity contribution in [3.05, 3.63) is 88.1 Å². The quantitative estimate of drug-likeness (QED) is 0.355. The average molecular weight is 463 g/mol. The Morgan fingerprint density at radius 1 is 0.941 bits per heavy atom. The van der Waals surface area contributed by atoms with E-state index >= 15 is 0 Å². The van der Waals surface area contributed by atoms with E-state index in [1.165, 1.54) is 26.2 Å². The molecule has 0 aliphatic carbocycles. The molecule has 3 aromatic rings. The number of aromatic nitrogens is 2. The molecule has 4 rings (SSSR count). The summed E-state index contributed by atoms with van der Waals surface area (Å²) in [7, 11) is 2.64. The normalized spacial score (nSPS) is 15.8. The second kappa shape index (κ2) is 8.66. The van der Waals surface area contributed by atoms with Gasteiger partial charge in [-0.1, -0.05) is 42.5 Å². The van der Waals surface area contributed by atoms with Crippen LogP contribution in [0.1, 0.15) is 34.3 Å². The highest BCUT2D eigenvalue weighted by Gasteiger charge is 2.51. The van der Waals surface area contributed by atoms with Crippen molar-refractivity contribution < 1.29 is 24.2 Å². The van der Waals surface area contributed by atoms with Gasteiger partial charge in [0.1, 0.15) is 35.5 Å². The summed E-state index contributed by atoms with van der Waals surface area (Å²) in [5.74, 6) is -3.47. The zero-order chi connectivity index (χ0) is 24.7. The number of benzene rings is 2. The average Bonchev–Trinajstić information content (AvgIpc) is 3.04. The molecule has 34 heavy (non-hydrogen) atoms. The molecule has 1 saturated heterocycles. The number of phenols is 1. The number of nitrogens with zero attached hydrogens (tertiary/aromatic N) is 4. The third-order valence-corrected chi connectivity index (χ3v) is 6.53. The lowest BCUT2D eigenvalue weighted by Crippen LogP contribution is -2.59. The van der Waals surface area contributed by atoms with Crippen LogP contribution in [0, 0.1) is 25.0 Å². The number of imidazole rings is 1. The van der Waals surface area contributed by atoms with Crippen LogP contribution in [-0.2, 0) is 16.1 Å². The zero-order valence-electron chi connectivity index (χ0n) is 19.4. The van der Waals surface area contributed by atoms with Crippen LogP contribution in [0.5, 0.6) is 5.75 Å². The molecule has 9 nitrogen and oxygen atoms in total. The lowest BCUT2D eigenvalue weighted by Gasteiger charge is -2.36. The highest BCUT2D eigenvalue weighted by molar-refractivity contribution is 6.16. The second-order valence-electron chi connectivity index (χ2n) is 8.52. The molecule has 1 unspecified atom stereocenters. The number of barbiturate groups is 1. The van der Waals surface area contributed by atoms with E-state index in [0.29, 0.717) is 23.5 Å². The highest BCUT2D eigenvalue weighted by atomic mass is 16.5. The van der Waals surface area contributed by atoms with Gasteiger partial charge in [-0.2, -0.15) is 0 Å². The minimum absolute atomic E-state index is 0.00948. The summed E-state index contributed by atoms with van der Waals surface area (Å²) in [6, 6.07) is 14.9. The molecule has 1 N–H and O–H groups in total. The van der Waals surface area contributed by atoms with Gasteiger partial charge in [0.25, 0.3) is 5.82 Å². The van der Waals surface area contributed by atoms with Gasteiger partial charge >= 0.3 is 6.03 Å².